The minimum atomic E-state index is 0.483. The highest BCUT2D eigenvalue weighted by atomic mass is 15.2. The molecule has 7 heteroatoms. The maximum absolute atomic E-state index is 5.40. The maximum Gasteiger partial charge on any atom is 0.238 e. The summed E-state index contributed by atoms with van der Waals surface area (Å²) < 4.78 is 4.37. The standard InChI is InChI=1S/C49H31N7/c1-4-15-32(16-5-1)34-19-12-21-36(29-34)47-52-48(37-22-13-20-35(30-37)33-17-6-2-7-18-33)54-49(53-47)56-41-27-14-28-50-45(41)46-43(56)31-42-44(51-46)39-25-10-11-26-40(39)55(42)38-23-8-3-9-24-38/h1-31H. The van der Waals surface area contributed by atoms with Crippen LogP contribution in [0.5, 0.6) is 0 Å². The van der Waals surface area contributed by atoms with E-state index in [4.69, 9.17) is 24.9 Å². The van der Waals surface area contributed by atoms with Crippen molar-refractivity contribution in [3.63, 3.8) is 0 Å². The van der Waals surface area contributed by atoms with E-state index in [0.29, 0.717) is 17.6 Å². The smallest absolute Gasteiger partial charge is 0.238 e. The number of benzene rings is 6. The van der Waals surface area contributed by atoms with Crippen molar-refractivity contribution in [3.8, 4) is 56.7 Å². The van der Waals surface area contributed by atoms with Gasteiger partial charge in [-0.3, -0.25) is 9.55 Å². The lowest BCUT2D eigenvalue weighted by Gasteiger charge is -2.12. The van der Waals surface area contributed by atoms with Crippen molar-refractivity contribution >= 4 is 44.0 Å². The molecule has 0 saturated heterocycles. The fourth-order valence-corrected chi connectivity index (χ4v) is 7.82. The minimum absolute atomic E-state index is 0.483. The van der Waals surface area contributed by atoms with Crippen LogP contribution in [0.4, 0.5) is 0 Å². The highest BCUT2D eigenvalue weighted by molar-refractivity contribution is 6.14. The van der Waals surface area contributed by atoms with Gasteiger partial charge in [0.05, 0.1) is 27.6 Å². The predicted molar refractivity (Wildman–Crippen MR) is 226 cm³/mol. The molecular weight excluding hydrogens is 687 g/mol. The Kier molecular flexibility index (Phi) is 7.35. The van der Waals surface area contributed by atoms with Crippen LogP contribution >= 0.6 is 0 Å². The minimum Gasteiger partial charge on any atom is -0.308 e. The highest BCUT2D eigenvalue weighted by Crippen LogP contribution is 2.37. The van der Waals surface area contributed by atoms with Gasteiger partial charge in [0.1, 0.15) is 11.0 Å². The molecule has 0 amide bonds. The topological polar surface area (TPSA) is 74.3 Å². The van der Waals surface area contributed by atoms with Gasteiger partial charge in [0, 0.05) is 28.4 Å². The van der Waals surface area contributed by atoms with E-state index in [1.54, 1.807) is 0 Å². The van der Waals surface area contributed by atoms with Crippen LogP contribution in [0.25, 0.3) is 101 Å². The lowest BCUT2D eigenvalue weighted by molar-refractivity contribution is 0.952. The van der Waals surface area contributed by atoms with Crippen LogP contribution in [0.2, 0.25) is 0 Å². The van der Waals surface area contributed by atoms with Gasteiger partial charge < -0.3 is 4.57 Å². The number of nitrogens with zero attached hydrogens (tertiary/aromatic N) is 7. The van der Waals surface area contributed by atoms with Gasteiger partial charge in [-0.05, 0) is 70.8 Å². The van der Waals surface area contributed by atoms with Gasteiger partial charge in [0.15, 0.2) is 11.6 Å². The third-order valence-corrected chi connectivity index (χ3v) is 10.4. The highest BCUT2D eigenvalue weighted by Gasteiger charge is 2.23. The summed E-state index contributed by atoms with van der Waals surface area (Å²) >= 11 is 0. The van der Waals surface area contributed by atoms with Gasteiger partial charge in [0.25, 0.3) is 0 Å². The van der Waals surface area contributed by atoms with Crippen LogP contribution in [0.3, 0.4) is 0 Å². The van der Waals surface area contributed by atoms with Crippen molar-refractivity contribution < 1.29 is 0 Å². The average molecular weight is 718 g/mol. The lowest BCUT2D eigenvalue weighted by atomic mass is 10.0. The van der Waals surface area contributed by atoms with Crippen molar-refractivity contribution in [2.75, 3.05) is 0 Å². The Hall–Kier alpha value is -7.77. The second-order valence-corrected chi connectivity index (χ2v) is 13.8. The number of fused-ring (bicyclic) bond motifs is 6. The Morgan fingerprint density at radius 2 is 0.857 bits per heavy atom. The third kappa shape index (κ3) is 5.25. The van der Waals surface area contributed by atoms with Crippen molar-refractivity contribution in [1.29, 1.82) is 0 Å². The molecule has 0 bridgehead atoms. The second-order valence-electron chi connectivity index (χ2n) is 13.8. The van der Waals surface area contributed by atoms with Gasteiger partial charge in [-0.2, -0.15) is 9.97 Å². The second kappa shape index (κ2) is 13.0. The molecule has 0 fully saturated rings. The molecule has 5 heterocycles. The zero-order valence-corrected chi connectivity index (χ0v) is 30.0. The van der Waals surface area contributed by atoms with E-state index in [0.717, 1.165) is 83.1 Å². The van der Waals surface area contributed by atoms with E-state index in [1.165, 1.54) is 0 Å². The zero-order chi connectivity index (χ0) is 37.0. The van der Waals surface area contributed by atoms with Gasteiger partial charge in [-0.25, -0.2) is 9.97 Å². The molecule has 7 nitrogen and oxygen atoms in total. The van der Waals surface area contributed by atoms with E-state index < -0.39 is 0 Å². The number of hydrogen-bond donors (Lipinski definition) is 0. The summed E-state index contributed by atoms with van der Waals surface area (Å²) in [7, 11) is 0. The molecule has 6 aromatic carbocycles. The first kappa shape index (κ1) is 31.7. The quantitative estimate of drug-likeness (QED) is 0.171. The summed E-state index contributed by atoms with van der Waals surface area (Å²) in [5.74, 6) is 1.62. The number of para-hydroxylation sites is 2. The molecule has 0 saturated carbocycles. The third-order valence-electron chi connectivity index (χ3n) is 10.4. The molecule has 11 rings (SSSR count). The Bertz CT molecular complexity index is 3140. The van der Waals surface area contributed by atoms with Crippen LogP contribution < -0.4 is 0 Å². The Morgan fingerprint density at radius 3 is 1.52 bits per heavy atom. The van der Waals surface area contributed by atoms with Crippen LogP contribution in [-0.2, 0) is 0 Å². The number of rotatable bonds is 6. The molecule has 5 aromatic heterocycles. The lowest BCUT2D eigenvalue weighted by Crippen LogP contribution is -2.06. The van der Waals surface area contributed by atoms with E-state index in [9.17, 15) is 0 Å². The van der Waals surface area contributed by atoms with Gasteiger partial charge in [-0.15, -0.1) is 0 Å². The van der Waals surface area contributed by atoms with Crippen molar-refractivity contribution in [2.24, 2.45) is 0 Å². The molecule has 262 valence electrons. The predicted octanol–water partition coefficient (Wildman–Crippen LogP) is 11.5. The summed E-state index contributed by atoms with van der Waals surface area (Å²) in [6.45, 7) is 0. The van der Waals surface area contributed by atoms with Crippen LogP contribution in [-0.4, -0.2) is 34.1 Å². The molecule has 0 aliphatic heterocycles. The van der Waals surface area contributed by atoms with E-state index in [1.807, 2.05) is 30.5 Å². The number of pyridine rings is 2. The molecule has 0 unspecified atom stereocenters. The van der Waals surface area contributed by atoms with E-state index in [2.05, 4.69) is 167 Å². The van der Waals surface area contributed by atoms with Crippen LogP contribution in [0.15, 0.2) is 188 Å². The molecule has 11 aromatic rings. The van der Waals surface area contributed by atoms with Gasteiger partial charge >= 0.3 is 0 Å². The maximum atomic E-state index is 5.40. The Morgan fingerprint density at radius 1 is 0.321 bits per heavy atom. The zero-order valence-electron chi connectivity index (χ0n) is 30.0. The van der Waals surface area contributed by atoms with Crippen molar-refractivity contribution in [1.82, 2.24) is 34.1 Å². The normalized spacial score (nSPS) is 11.6. The average Bonchev–Trinajstić information content (AvgIpc) is 3.78. The molecular formula is C49H31N7. The molecule has 0 aliphatic carbocycles. The summed E-state index contributed by atoms with van der Waals surface area (Å²) in [6.07, 6.45) is 1.82. The van der Waals surface area contributed by atoms with Crippen molar-refractivity contribution in [3.05, 3.63) is 188 Å². The van der Waals surface area contributed by atoms with Gasteiger partial charge in [0.2, 0.25) is 5.95 Å². The first-order valence-corrected chi connectivity index (χ1v) is 18.6. The SMILES string of the molecule is c1ccc(-c2cccc(-c3nc(-c4cccc(-c5ccccc5)c4)nc(-n4c5cccnc5c5nc6c7ccccc7n(-c7ccccc7)c6cc54)n3)c2)cc1. The Balaban J connectivity index is 1.20. The van der Waals surface area contributed by atoms with Crippen LogP contribution in [0, 0.1) is 0 Å². The molecule has 56 heavy (non-hydrogen) atoms. The van der Waals surface area contributed by atoms with Crippen molar-refractivity contribution in [2.45, 2.75) is 0 Å². The first-order chi connectivity index (χ1) is 27.8. The first-order valence-electron chi connectivity index (χ1n) is 18.6. The van der Waals surface area contributed by atoms with E-state index in [-0.39, 0.29) is 0 Å². The van der Waals surface area contributed by atoms with E-state index >= 15 is 0 Å². The Labute approximate surface area is 321 Å². The number of hydrogen-bond acceptors (Lipinski definition) is 5. The van der Waals surface area contributed by atoms with Gasteiger partial charge in [-0.1, -0.05) is 133 Å². The summed E-state index contributed by atoms with van der Waals surface area (Å²) in [5.41, 5.74) is 13.5. The molecule has 0 atom stereocenters. The number of aromatic nitrogens is 7. The molecule has 0 N–H and O–H groups in total. The fourth-order valence-electron chi connectivity index (χ4n) is 7.82. The molecule has 0 radical (unpaired) electrons. The summed E-state index contributed by atoms with van der Waals surface area (Å²) in [5, 5.41) is 1.08. The summed E-state index contributed by atoms with van der Waals surface area (Å²) in [4.78, 5) is 26.0. The largest absolute Gasteiger partial charge is 0.308 e. The molecule has 0 spiro atoms. The fraction of sp³-hybridized carbons (Fsp3) is 0. The van der Waals surface area contributed by atoms with Crippen LogP contribution in [0.1, 0.15) is 0 Å². The molecule has 0 aliphatic rings. The summed E-state index contributed by atoms with van der Waals surface area (Å²) in [6, 6.07) is 62.6. The monoisotopic (exact) mass is 717 g/mol.